The minimum atomic E-state index is 0.239. The standard InChI is InChI=1S/C17H31NOS/c1-3-8-18-16(13(2)14-4-5-14)15-6-9-19-17(11-15)7-10-20-12-17/h13-16,18H,3-12H2,1-2H3. The average Bonchev–Trinajstić information content (AvgIpc) is 3.22. The molecule has 0 aromatic heterocycles. The molecule has 4 atom stereocenters. The van der Waals surface area contributed by atoms with E-state index in [1.54, 1.807) is 0 Å². The van der Waals surface area contributed by atoms with Crippen LogP contribution in [0.4, 0.5) is 0 Å². The van der Waals surface area contributed by atoms with E-state index in [9.17, 15) is 0 Å². The van der Waals surface area contributed by atoms with Crippen molar-refractivity contribution >= 4 is 11.8 Å². The second-order valence-electron chi connectivity index (χ2n) is 7.26. The SMILES string of the molecule is CCCNC(C1CCOC2(CCSC2)C1)C(C)C1CC1. The third-order valence-electron chi connectivity index (χ3n) is 5.67. The highest BCUT2D eigenvalue weighted by molar-refractivity contribution is 7.99. The topological polar surface area (TPSA) is 21.3 Å². The zero-order valence-electron chi connectivity index (χ0n) is 13.2. The molecule has 3 fully saturated rings. The minimum absolute atomic E-state index is 0.239. The maximum Gasteiger partial charge on any atom is 0.0783 e. The highest BCUT2D eigenvalue weighted by atomic mass is 32.2. The molecule has 2 nitrogen and oxygen atoms in total. The summed E-state index contributed by atoms with van der Waals surface area (Å²) in [6, 6.07) is 0.730. The summed E-state index contributed by atoms with van der Waals surface area (Å²) in [5, 5.41) is 3.90. The minimum Gasteiger partial charge on any atom is -0.374 e. The summed E-state index contributed by atoms with van der Waals surface area (Å²) < 4.78 is 6.22. The van der Waals surface area contributed by atoms with Crippen LogP contribution >= 0.6 is 11.8 Å². The van der Waals surface area contributed by atoms with Crippen LogP contribution in [0.25, 0.3) is 0 Å². The molecule has 1 aliphatic carbocycles. The Morgan fingerprint density at radius 3 is 2.80 bits per heavy atom. The van der Waals surface area contributed by atoms with E-state index in [0.717, 1.165) is 30.4 Å². The summed E-state index contributed by atoms with van der Waals surface area (Å²) in [5.74, 6) is 5.24. The molecule has 1 N–H and O–H groups in total. The van der Waals surface area contributed by atoms with Gasteiger partial charge in [-0.15, -0.1) is 0 Å². The molecule has 0 radical (unpaired) electrons. The molecule has 2 saturated heterocycles. The van der Waals surface area contributed by atoms with Crippen LogP contribution in [0.1, 0.15) is 52.4 Å². The Morgan fingerprint density at radius 1 is 1.30 bits per heavy atom. The van der Waals surface area contributed by atoms with Crippen LogP contribution < -0.4 is 5.32 Å². The largest absolute Gasteiger partial charge is 0.374 e. The summed E-state index contributed by atoms with van der Waals surface area (Å²) in [7, 11) is 0. The van der Waals surface area contributed by atoms with Gasteiger partial charge in [0.2, 0.25) is 0 Å². The van der Waals surface area contributed by atoms with Crippen LogP contribution in [0, 0.1) is 17.8 Å². The van der Waals surface area contributed by atoms with Crippen LogP contribution in [0.3, 0.4) is 0 Å². The van der Waals surface area contributed by atoms with E-state index in [-0.39, 0.29) is 5.60 Å². The fourth-order valence-corrected chi connectivity index (χ4v) is 5.62. The van der Waals surface area contributed by atoms with Crippen molar-refractivity contribution in [2.75, 3.05) is 24.7 Å². The van der Waals surface area contributed by atoms with Crippen LogP contribution in [-0.4, -0.2) is 36.3 Å². The summed E-state index contributed by atoms with van der Waals surface area (Å²) in [6.07, 6.45) is 8.04. The van der Waals surface area contributed by atoms with Crippen LogP contribution in [0.15, 0.2) is 0 Å². The zero-order chi connectivity index (χ0) is 14.0. The molecule has 0 bridgehead atoms. The lowest BCUT2D eigenvalue weighted by Crippen LogP contribution is -2.50. The molecule has 2 aliphatic heterocycles. The second kappa shape index (κ2) is 6.58. The van der Waals surface area contributed by atoms with E-state index in [0.29, 0.717) is 0 Å². The first-order chi connectivity index (χ1) is 9.74. The fraction of sp³-hybridized carbons (Fsp3) is 1.00. The van der Waals surface area contributed by atoms with Crippen molar-refractivity contribution in [1.82, 2.24) is 5.32 Å². The lowest BCUT2D eigenvalue weighted by atomic mass is 9.76. The molecule has 3 aliphatic rings. The number of thioether (sulfide) groups is 1. The van der Waals surface area contributed by atoms with Gasteiger partial charge in [0.15, 0.2) is 0 Å². The van der Waals surface area contributed by atoms with E-state index in [1.165, 1.54) is 56.6 Å². The molecule has 1 saturated carbocycles. The number of nitrogens with one attached hydrogen (secondary N) is 1. The monoisotopic (exact) mass is 297 g/mol. The number of rotatable bonds is 6. The van der Waals surface area contributed by atoms with Gasteiger partial charge in [-0.05, 0) is 68.6 Å². The molecule has 0 aromatic rings. The van der Waals surface area contributed by atoms with Gasteiger partial charge >= 0.3 is 0 Å². The Bertz CT molecular complexity index is 312. The second-order valence-corrected chi connectivity index (χ2v) is 8.37. The molecule has 3 heteroatoms. The predicted octanol–water partition coefficient (Wildman–Crippen LogP) is 3.70. The normalized spacial score (nSPS) is 37.2. The highest BCUT2D eigenvalue weighted by Gasteiger charge is 2.45. The van der Waals surface area contributed by atoms with Gasteiger partial charge in [0.25, 0.3) is 0 Å². The molecule has 116 valence electrons. The third kappa shape index (κ3) is 3.36. The van der Waals surface area contributed by atoms with Gasteiger partial charge in [0.05, 0.1) is 5.60 Å². The molecule has 3 rings (SSSR count). The Kier molecular flexibility index (Phi) is 4.99. The molecule has 2 heterocycles. The highest BCUT2D eigenvalue weighted by Crippen LogP contribution is 2.45. The van der Waals surface area contributed by atoms with E-state index in [4.69, 9.17) is 4.74 Å². The van der Waals surface area contributed by atoms with Gasteiger partial charge in [0, 0.05) is 18.4 Å². The van der Waals surface area contributed by atoms with Gasteiger partial charge in [-0.2, -0.15) is 11.8 Å². The van der Waals surface area contributed by atoms with Crippen LogP contribution in [-0.2, 0) is 4.74 Å². The average molecular weight is 298 g/mol. The fourth-order valence-electron chi connectivity index (χ4n) is 4.24. The van der Waals surface area contributed by atoms with E-state index in [2.05, 4.69) is 30.9 Å². The number of hydrogen-bond donors (Lipinski definition) is 1. The van der Waals surface area contributed by atoms with Gasteiger partial charge in [-0.1, -0.05) is 13.8 Å². The molecule has 0 aromatic carbocycles. The third-order valence-corrected chi connectivity index (χ3v) is 6.89. The van der Waals surface area contributed by atoms with E-state index >= 15 is 0 Å². The van der Waals surface area contributed by atoms with Crippen molar-refractivity contribution in [2.24, 2.45) is 17.8 Å². The lowest BCUT2D eigenvalue weighted by Gasteiger charge is -2.43. The molecule has 0 amide bonds. The van der Waals surface area contributed by atoms with Crippen molar-refractivity contribution in [1.29, 1.82) is 0 Å². The van der Waals surface area contributed by atoms with E-state index in [1.807, 2.05) is 0 Å². The van der Waals surface area contributed by atoms with Crippen LogP contribution in [0.5, 0.6) is 0 Å². The van der Waals surface area contributed by atoms with Crippen molar-refractivity contribution < 1.29 is 4.74 Å². The molecular formula is C17H31NOS. The van der Waals surface area contributed by atoms with Crippen molar-refractivity contribution in [3.8, 4) is 0 Å². The molecule has 4 unspecified atom stereocenters. The van der Waals surface area contributed by atoms with Gasteiger partial charge < -0.3 is 10.1 Å². The smallest absolute Gasteiger partial charge is 0.0783 e. The van der Waals surface area contributed by atoms with Crippen LogP contribution in [0.2, 0.25) is 0 Å². The molecule has 1 spiro atoms. The first kappa shape index (κ1) is 15.2. The van der Waals surface area contributed by atoms with Gasteiger partial charge in [-0.25, -0.2) is 0 Å². The Labute approximate surface area is 128 Å². The first-order valence-corrected chi connectivity index (χ1v) is 9.85. The molecule has 20 heavy (non-hydrogen) atoms. The van der Waals surface area contributed by atoms with Crippen molar-refractivity contribution in [3.05, 3.63) is 0 Å². The van der Waals surface area contributed by atoms with Gasteiger partial charge in [0.1, 0.15) is 0 Å². The maximum absolute atomic E-state index is 6.22. The van der Waals surface area contributed by atoms with E-state index < -0.39 is 0 Å². The lowest BCUT2D eigenvalue weighted by molar-refractivity contribution is -0.0885. The zero-order valence-corrected chi connectivity index (χ0v) is 14.0. The summed E-state index contributed by atoms with van der Waals surface area (Å²) >= 11 is 2.09. The number of hydrogen-bond acceptors (Lipinski definition) is 3. The maximum atomic E-state index is 6.22. The summed E-state index contributed by atoms with van der Waals surface area (Å²) in [5.41, 5.74) is 0.239. The first-order valence-electron chi connectivity index (χ1n) is 8.69. The van der Waals surface area contributed by atoms with Crippen molar-refractivity contribution in [3.63, 3.8) is 0 Å². The summed E-state index contributed by atoms with van der Waals surface area (Å²) in [4.78, 5) is 0. The quantitative estimate of drug-likeness (QED) is 0.807. The Hall–Kier alpha value is 0.270. The molecular weight excluding hydrogens is 266 g/mol. The number of ether oxygens (including phenoxy) is 1. The Balaban J connectivity index is 1.65. The summed E-state index contributed by atoms with van der Waals surface area (Å²) in [6.45, 7) is 6.95. The van der Waals surface area contributed by atoms with Crippen molar-refractivity contribution in [2.45, 2.75) is 64.0 Å². The predicted molar refractivity (Wildman–Crippen MR) is 87.3 cm³/mol. The van der Waals surface area contributed by atoms with Gasteiger partial charge in [-0.3, -0.25) is 0 Å². The Morgan fingerprint density at radius 2 is 2.15 bits per heavy atom.